The minimum atomic E-state index is 0.587. The summed E-state index contributed by atoms with van der Waals surface area (Å²) < 4.78 is 0. The first-order valence-corrected chi connectivity index (χ1v) is 6.33. The Bertz CT molecular complexity index is 549. The Kier molecular flexibility index (Phi) is 4.33. The van der Waals surface area contributed by atoms with Gasteiger partial charge in [0.25, 0.3) is 0 Å². The van der Waals surface area contributed by atoms with Crippen LogP contribution >= 0.6 is 23.2 Å². The first-order valence-electron chi connectivity index (χ1n) is 5.58. The third kappa shape index (κ3) is 2.89. The van der Waals surface area contributed by atoms with Gasteiger partial charge in [0.2, 0.25) is 0 Å². The van der Waals surface area contributed by atoms with Crippen LogP contribution in [0.5, 0.6) is 0 Å². The van der Waals surface area contributed by atoms with E-state index < -0.39 is 0 Å². The molecule has 0 atom stereocenters. The molecule has 0 radical (unpaired) electrons. The molecule has 1 heterocycles. The van der Waals surface area contributed by atoms with Crippen LogP contribution in [0, 0.1) is 0 Å². The zero-order chi connectivity index (χ0) is 13.0. The quantitative estimate of drug-likeness (QED) is 0.936. The van der Waals surface area contributed by atoms with Gasteiger partial charge < -0.3 is 0 Å². The first-order chi connectivity index (χ1) is 8.72. The van der Waals surface area contributed by atoms with Crippen LogP contribution in [-0.4, -0.2) is 20.6 Å². The highest BCUT2D eigenvalue weighted by Gasteiger charge is 2.06. The monoisotopic (exact) mass is 282 g/mol. The third-order valence-corrected chi connectivity index (χ3v) is 3.42. The van der Waals surface area contributed by atoms with E-state index in [1.165, 1.54) is 0 Å². The standard InChI is InChI=1S/C12H12Cl2N4/c1-2-9-8(6-7-10(13)12(9)14)4-3-5-11-15-17-18-16-11/h3-4,6-7H,2,5H2,1H3,(H,15,16,17,18)/b4-3+. The van der Waals surface area contributed by atoms with Crippen LogP contribution in [-0.2, 0) is 12.8 Å². The molecular weight excluding hydrogens is 271 g/mol. The number of allylic oxidation sites excluding steroid dienone is 1. The van der Waals surface area contributed by atoms with E-state index in [0.717, 1.165) is 17.5 Å². The van der Waals surface area contributed by atoms with Crippen LogP contribution in [0.3, 0.4) is 0 Å². The van der Waals surface area contributed by atoms with Crippen molar-refractivity contribution < 1.29 is 0 Å². The zero-order valence-electron chi connectivity index (χ0n) is 9.82. The number of hydrogen-bond donors (Lipinski definition) is 1. The number of hydrogen-bond acceptors (Lipinski definition) is 3. The molecule has 0 spiro atoms. The first kappa shape index (κ1) is 13.1. The van der Waals surface area contributed by atoms with E-state index >= 15 is 0 Å². The Balaban J connectivity index is 2.18. The molecule has 0 aliphatic carbocycles. The second-order valence-electron chi connectivity index (χ2n) is 3.72. The maximum Gasteiger partial charge on any atom is 0.178 e. The number of tetrazole rings is 1. The molecule has 6 heteroatoms. The van der Waals surface area contributed by atoms with Gasteiger partial charge in [-0.1, -0.05) is 53.6 Å². The van der Waals surface area contributed by atoms with Gasteiger partial charge in [-0.25, -0.2) is 0 Å². The minimum absolute atomic E-state index is 0.587. The predicted octanol–water partition coefficient (Wildman–Crippen LogP) is 3.32. The van der Waals surface area contributed by atoms with Crippen molar-refractivity contribution in [2.24, 2.45) is 0 Å². The van der Waals surface area contributed by atoms with Gasteiger partial charge >= 0.3 is 0 Å². The van der Waals surface area contributed by atoms with E-state index in [-0.39, 0.29) is 0 Å². The molecule has 1 N–H and O–H groups in total. The number of nitrogens with one attached hydrogen (secondary N) is 1. The lowest BCUT2D eigenvalue weighted by Crippen LogP contribution is -1.90. The second kappa shape index (κ2) is 5.98. The van der Waals surface area contributed by atoms with Crippen LogP contribution in [0.25, 0.3) is 6.08 Å². The van der Waals surface area contributed by atoms with E-state index in [1.807, 2.05) is 25.1 Å². The molecular formula is C12H12Cl2N4. The normalized spacial score (nSPS) is 11.3. The van der Waals surface area contributed by atoms with Crippen molar-refractivity contribution in [3.63, 3.8) is 0 Å². The molecule has 2 rings (SSSR count). The molecule has 2 aromatic rings. The third-order valence-electron chi connectivity index (χ3n) is 2.57. The van der Waals surface area contributed by atoms with Gasteiger partial charge in [0.05, 0.1) is 10.0 Å². The molecule has 1 aromatic carbocycles. The number of aromatic amines is 1. The molecule has 0 saturated heterocycles. The molecule has 0 bridgehead atoms. The summed E-state index contributed by atoms with van der Waals surface area (Å²) in [5.41, 5.74) is 2.11. The van der Waals surface area contributed by atoms with Crippen molar-refractivity contribution in [3.05, 3.63) is 45.2 Å². The van der Waals surface area contributed by atoms with Gasteiger partial charge in [0, 0.05) is 6.42 Å². The van der Waals surface area contributed by atoms with Gasteiger partial charge in [0.15, 0.2) is 5.82 Å². The van der Waals surface area contributed by atoms with Crippen LogP contribution in [0.15, 0.2) is 18.2 Å². The SMILES string of the molecule is CCc1c(/C=C/Cc2nn[nH]n2)ccc(Cl)c1Cl. The van der Waals surface area contributed by atoms with E-state index in [1.54, 1.807) is 6.07 Å². The highest BCUT2D eigenvalue weighted by Crippen LogP contribution is 2.29. The highest BCUT2D eigenvalue weighted by atomic mass is 35.5. The second-order valence-corrected chi connectivity index (χ2v) is 4.50. The molecule has 4 nitrogen and oxygen atoms in total. The minimum Gasteiger partial charge on any atom is -0.177 e. The fraction of sp³-hybridized carbons (Fsp3) is 0.250. The van der Waals surface area contributed by atoms with Crippen LogP contribution in [0.1, 0.15) is 23.9 Å². The van der Waals surface area contributed by atoms with Gasteiger partial charge in [-0.3, -0.25) is 0 Å². The maximum absolute atomic E-state index is 6.17. The number of halogens is 2. The fourth-order valence-corrected chi connectivity index (χ4v) is 2.17. The number of rotatable bonds is 4. The Morgan fingerprint density at radius 1 is 1.33 bits per heavy atom. The van der Waals surface area contributed by atoms with Crippen molar-refractivity contribution >= 4 is 29.3 Å². The average Bonchev–Trinajstić information content (AvgIpc) is 2.87. The van der Waals surface area contributed by atoms with Crippen molar-refractivity contribution in [2.75, 3.05) is 0 Å². The van der Waals surface area contributed by atoms with Crippen molar-refractivity contribution in [1.82, 2.24) is 20.6 Å². The lowest BCUT2D eigenvalue weighted by atomic mass is 10.0. The van der Waals surface area contributed by atoms with Gasteiger partial charge in [-0.15, -0.1) is 10.2 Å². The summed E-state index contributed by atoms with van der Waals surface area (Å²) in [4.78, 5) is 0. The van der Waals surface area contributed by atoms with Crippen molar-refractivity contribution in [3.8, 4) is 0 Å². The van der Waals surface area contributed by atoms with Gasteiger partial charge in [-0.2, -0.15) is 5.21 Å². The Morgan fingerprint density at radius 3 is 2.83 bits per heavy atom. The van der Waals surface area contributed by atoms with E-state index in [2.05, 4.69) is 20.6 Å². The predicted molar refractivity (Wildman–Crippen MR) is 72.8 cm³/mol. The highest BCUT2D eigenvalue weighted by molar-refractivity contribution is 6.42. The van der Waals surface area contributed by atoms with Crippen molar-refractivity contribution in [2.45, 2.75) is 19.8 Å². The lowest BCUT2D eigenvalue weighted by Gasteiger charge is -2.07. The van der Waals surface area contributed by atoms with Crippen LogP contribution in [0.2, 0.25) is 10.0 Å². The van der Waals surface area contributed by atoms with Crippen LogP contribution < -0.4 is 0 Å². The molecule has 0 aliphatic rings. The van der Waals surface area contributed by atoms with Crippen molar-refractivity contribution in [1.29, 1.82) is 0 Å². The van der Waals surface area contributed by atoms with E-state index in [4.69, 9.17) is 23.2 Å². The molecule has 0 amide bonds. The Labute approximate surface area is 115 Å². The largest absolute Gasteiger partial charge is 0.178 e. The number of aromatic nitrogens is 4. The summed E-state index contributed by atoms with van der Waals surface area (Å²) >= 11 is 12.2. The summed E-state index contributed by atoms with van der Waals surface area (Å²) in [6, 6.07) is 3.76. The number of H-pyrrole nitrogens is 1. The average molecular weight is 283 g/mol. The molecule has 18 heavy (non-hydrogen) atoms. The molecule has 0 fully saturated rings. The number of nitrogens with zero attached hydrogens (tertiary/aromatic N) is 3. The smallest absolute Gasteiger partial charge is 0.177 e. The van der Waals surface area contributed by atoms with Gasteiger partial charge in [-0.05, 0) is 23.6 Å². The topological polar surface area (TPSA) is 54.5 Å². The molecule has 0 unspecified atom stereocenters. The molecule has 0 saturated carbocycles. The summed E-state index contributed by atoms with van der Waals surface area (Å²) in [5, 5.41) is 14.9. The Morgan fingerprint density at radius 2 is 2.17 bits per heavy atom. The molecule has 0 aliphatic heterocycles. The maximum atomic E-state index is 6.17. The fourth-order valence-electron chi connectivity index (χ4n) is 1.68. The lowest BCUT2D eigenvalue weighted by molar-refractivity contribution is 0.881. The molecule has 94 valence electrons. The zero-order valence-corrected chi connectivity index (χ0v) is 11.3. The molecule has 1 aromatic heterocycles. The Hall–Kier alpha value is -1.39. The number of benzene rings is 1. The van der Waals surface area contributed by atoms with Gasteiger partial charge in [0.1, 0.15) is 0 Å². The summed E-state index contributed by atoms with van der Waals surface area (Å²) in [6.45, 7) is 2.05. The summed E-state index contributed by atoms with van der Waals surface area (Å²) in [5.74, 6) is 0.657. The van der Waals surface area contributed by atoms with Crippen LogP contribution in [0.4, 0.5) is 0 Å². The van der Waals surface area contributed by atoms with E-state index in [0.29, 0.717) is 22.3 Å². The summed E-state index contributed by atoms with van der Waals surface area (Å²) in [6.07, 6.45) is 5.43. The summed E-state index contributed by atoms with van der Waals surface area (Å²) in [7, 11) is 0. The van der Waals surface area contributed by atoms with E-state index in [9.17, 15) is 0 Å².